The van der Waals surface area contributed by atoms with Gasteiger partial charge in [0.2, 0.25) is 5.78 Å². The molecule has 0 N–H and O–H groups in total. The molecule has 0 saturated heterocycles. The van der Waals surface area contributed by atoms with E-state index in [-0.39, 0.29) is 40.9 Å². The Morgan fingerprint density at radius 3 is 2.20 bits per heavy atom. The molecule has 104 valence electrons. The summed E-state index contributed by atoms with van der Waals surface area (Å²) in [6.45, 7) is 0. The average Bonchev–Trinajstić information content (AvgIpc) is 2.45. The van der Waals surface area contributed by atoms with Gasteiger partial charge < -0.3 is 14.2 Å². The molecule has 0 fully saturated rings. The van der Waals surface area contributed by atoms with Crippen molar-refractivity contribution in [3.63, 3.8) is 0 Å². The average molecular weight is 290 g/mol. The molecular formula is C13H15NaO6. The third-order valence-electron chi connectivity index (χ3n) is 2.44. The molecule has 6 nitrogen and oxygen atoms in total. The summed E-state index contributed by atoms with van der Waals surface area (Å²) in [7, 11) is 3.96. The van der Waals surface area contributed by atoms with Crippen molar-refractivity contribution in [3.05, 3.63) is 23.8 Å². The van der Waals surface area contributed by atoms with Crippen LogP contribution in [-0.4, -0.2) is 68.4 Å². The standard InChI is InChI=1S/C13H14O6.Na.H/c1-17-8-4-5-9(12(6-8)18-2)10(14)7-11(15)13(16)19-3;;/h4-6H,7H2,1-3H3;;. The van der Waals surface area contributed by atoms with Crippen molar-refractivity contribution in [3.8, 4) is 11.5 Å². The van der Waals surface area contributed by atoms with E-state index in [1.54, 1.807) is 6.07 Å². The van der Waals surface area contributed by atoms with Crippen LogP contribution in [-0.2, 0) is 14.3 Å². The molecule has 0 atom stereocenters. The first kappa shape index (κ1) is 18.6. The van der Waals surface area contributed by atoms with Gasteiger partial charge in [0.05, 0.1) is 33.3 Å². The van der Waals surface area contributed by atoms with Crippen LogP contribution in [0.4, 0.5) is 0 Å². The van der Waals surface area contributed by atoms with E-state index in [0.29, 0.717) is 5.75 Å². The molecule has 0 aliphatic heterocycles. The number of hydrogen-bond donors (Lipinski definition) is 0. The van der Waals surface area contributed by atoms with E-state index in [1.165, 1.54) is 26.4 Å². The van der Waals surface area contributed by atoms with Gasteiger partial charge in [-0.2, -0.15) is 0 Å². The summed E-state index contributed by atoms with van der Waals surface area (Å²) in [6.07, 6.45) is -0.560. The summed E-state index contributed by atoms with van der Waals surface area (Å²) in [5.74, 6) is -1.66. The van der Waals surface area contributed by atoms with Crippen LogP contribution in [0.2, 0.25) is 0 Å². The summed E-state index contributed by atoms with van der Waals surface area (Å²) >= 11 is 0. The van der Waals surface area contributed by atoms with Crippen LogP contribution in [0.3, 0.4) is 0 Å². The SMILES string of the molecule is COC(=O)C(=O)CC(=O)c1ccc(OC)cc1OC.[NaH]. The summed E-state index contributed by atoms with van der Waals surface area (Å²) in [6, 6.07) is 4.57. The number of carbonyl (C=O) groups excluding carboxylic acids is 3. The Bertz CT molecular complexity index is 512. The number of Topliss-reactive ketones (excluding diaryl/α,β-unsaturated/α-hetero) is 2. The Morgan fingerprint density at radius 2 is 1.70 bits per heavy atom. The topological polar surface area (TPSA) is 78.9 Å². The molecule has 1 aromatic rings. The van der Waals surface area contributed by atoms with Crippen LogP contribution in [0, 0.1) is 0 Å². The molecule has 0 aromatic heterocycles. The zero-order valence-corrected chi connectivity index (χ0v) is 10.9. The molecule has 0 amide bonds. The van der Waals surface area contributed by atoms with Crippen molar-refractivity contribution in [2.24, 2.45) is 0 Å². The second-order valence-corrected chi connectivity index (χ2v) is 3.58. The molecule has 1 rings (SSSR count). The number of hydrogen-bond acceptors (Lipinski definition) is 6. The molecule has 7 heteroatoms. The quantitative estimate of drug-likeness (QED) is 0.248. The molecule has 0 saturated carbocycles. The zero-order valence-electron chi connectivity index (χ0n) is 10.9. The summed E-state index contributed by atoms with van der Waals surface area (Å²) in [5, 5.41) is 0. The van der Waals surface area contributed by atoms with Crippen LogP contribution in [0.15, 0.2) is 18.2 Å². The van der Waals surface area contributed by atoms with Crippen LogP contribution in [0.5, 0.6) is 11.5 Å². The van der Waals surface area contributed by atoms with Gasteiger partial charge in [0, 0.05) is 6.07 Å². The van der Waals surface area contributed by atoms with E-state index in [2.05, 4.69) is 4.74 Å². The minimum absolute atomic E-state index is 0. The van der Waals surface area contributed by atoms with Crippen molar-refractivity contribution < 1.29 is 28.6 Å². The van der Waals surface area contributed by atoms with E-state index in [4.69, 9.17) is 9.47 Å². The van der Waals surface area contributed by atoms with E-state index >= 15 is 0 Å². The van der Waals surface area contributed by atoms with Crippen LogP contribution >= 0.6 is 0 Å². The van der Waals surface area contributed by atoms with E-state index in [9.17, 15) is 14.4 Å². The third-order valence-corrected chi connectivity index (χ3v) is 2.44. The van der Waals surface area contributed by atoms with Crippen molar-refractivity contribution in [1.82, 2.24) is 0 Å². The summed E-state index contributed by atoms with van der Waals surface area (Å²) in [5.41, 5.74) is 0.209. The molecular weight excluding hydrogens is 275 g/mol. The molecule has 20 heavy (non-hydrogen) atoms. The van der Waals surface area contributed by atoms with E-state index in [0.717, 1.165) is 7.11 Å². The van der Waals surface area contributed by atoms with Crippen LogP contribution < -0.4 is 9.47 Å². The van der Waals surface area contributed by atoms with Crippen molar-refractivity contribution in [2.45, 2.75) is 6.42 Å². The zero-order chi connectivity index (χ0) is 14.4. The second kappa shape index (κ2) is 8.73. The van der Waals surface area contributed by atoms with Crippen LogP contribution in [0.25, 0.3) is 0 Å². The maximum absolute atomic E-state index is 11.9. The fourth-order valence-corrected chi connectivity index (χ4v) is 1.46. The third kappa shape index (κ3) is 4.63. The van der Waals surface area contributed by atoms with Gasteiger partial charge in [-0.15, -0.1) is 0 Å². The molecule has 0 unspecified atom stereocenters. The number of benzene rings is 1. The Morgan fingerprint density at radius 1 is 1.05 bits per heavy atom. The van der Waals surface area contributed by atoms with Gasteiger partial charge in [0.1, 0.15) is 11.5 Å². The first-order chi connectivity index (χ1) is 9.03. The van der Waals surface area contributed by atoms with Gasteiger partial charge in [0.15, 0.2) is 5.78 Å². The molecule has 1 aromatic carbocycles. The molecule has 0 aliphatic carbocycles. The molecule has 0 spiro atoms. The first-order valence-corrected chi connectivity index (χ1v) is 5.39. The van der Waals surface area contributed by atoms with Gasteiger partial charge >= 0.3 is 35.5 Å². The number of ether oxygens (including phenoxy) is 3. The predicted molar refractivity (Wildman–Crippen MR) is 72.7 cm³/mol. The maximum atomic E-state index is 11.9. The normalized spacial score (nSPS) is 9.15. The molecule has 0 aliphatic rings. The van der Waals surface area contributed by atoms with Crippen molar-refractivity contribution >= 4 is 47.1 Å². The number of esters is 1. The number of ketones is 2. The van der Waals surface area contributed by atoms with Gasteiger partial charge in [-0.05, 0) is 12.1 Å². The Balaban J connectivity index is 0.00000361. The first-order valence-electron chi connectivity index (χ1n) is 5.39. The van der Waals surface area contributed by atoms with Gasteiger partial charge in [-0.1, -0.05) is 0 Å². The molecule has 0 radical (unpaired) electrons. The van der Waals surface area contributed by atoms with Gasteiger partial charge in [-0.3, -0.25) is 9.59 Å². The number of carbonyl (C=O) groups is 3. The summed E-state index contributed by atoms with van der Waals surface area (Å²) in [4.78, 5) is 34.2. The van der Waals surface area contributed by atoms with Gasteiger partial charge in [-0.25, -0.2) is 4.79 Å². The number of methoxy groups -OCH3 is 3. The van der Waals surface area contributed by atoms with Crippen molar-refractivity contribution in [1.29, 1.82) is 0 Å². The van der Waals surface area contributed by atoms with Crippen molar-refractivity contribution in [2.75, 3.05) is 21.3 Å². The van der Waals surface area contributed by atoms with E-state index in [1.807, 2.05) is 0 Å². The second-order valence-electron chi connectivity index (χ2n) is 3.58. The Hall–Kier alpha value is -1.37. The summed E-state index contributed by atoms with van der Waals surface area (Å²) < 4.78 is 14.3. The Labute approximate surface area is 138 Å². The van der Waals surface area contributed by atoms with Gasteiger partial charge in [0.25, 0.3) is 0 Å². The van der Waals surface area contributed by atoms with Crippen LogP contribution in [0.1, 0.15) is 16.8 Å². The number of rotatable bonds is 6. The monoisotopic (exact) mass is 290 g/mol. The Kier molecular flexibility index (Phi) is 8.13. The van der Waals surface area contributed by atoms with E-state index < -0.39 is 24.0 Å². The molecule has 0 bridgehead atoms. The minimum atomic E-state index is -1.04. The fourth-order valence-electron chi connectivity index (χ4n) is 1.46. The predicted octanol–water partition coefficient (Wildman–Crippen LogP) is 0.370. The molecule has 0 heterocycles. The fraction of sp³-hybridized carbons (Fsp3) is 0.308.